The Hall–Kier alpha value is -4.87. The monoisotopic (exact) mass is 564 g/mol. The van der Waals surface area contributed by atoms with Gasteiger partial charge in [-0.05, 0) is 62.3 Å². The number of carbonyl (C=O) groups excluding carboxylic acids is 4. The Balaban J connectivity index is 0.931. The number of amides is 4. The lowest BCUT2D eigenvalue weighted by Gasteiger charge is -2.35. The lowest BCUT2D eigenvalue weighted by Crippen LogP contribution is -2.54. The molecule has 1 unspecified atom stereocenters. The van der Waals surface area contributed by atoms with Crippen molar-refractivity contribution < 1.29 is 19.2 Å². The van der Waals surface area contributed by atoms with Crippen molar-refractivity contribution in [2.45, 2.75) is 56.5 Å². The van der Waals surface area contributed by atoms with Gasteiger partial charge >= 0.3 is 0 Å². The van der Waals surface area contributed by atoms with Crippen LogP contribution in [0.25, 0.3) is 22.2 Å². The van der Waals surface area contributed by atoms with Crippen LogP contribution in [0.5, 0.6) is 0 Å². The van der Waals surface area contributed by atoms with Gasteiger partial charge in [0.2, 0.25) is 11.8 Å². The Bertz CT molecular complexity index is 1800. The Labute approximate surface area is 239 Å². The molecule has 8 rings (SSSR count). The van der Waals surface area contributed by atoms with Crippen LogP contribution >= 0.6 is 0 Å². The minimum atomic E-state index is -0.968. The molecule has 3 fully saturated rings. The number of aromatic nitrogens is 5. The highest BCUT2D eigenvalue weighted by atomic mass is 16.2. The minimum absolute atomic E-state index is 0.0953. The standard InChI is InChI=1S/C30H28N8O4/c39-24-6-5-23(28(40)34-24)38-29(41)20-4-3-18(11-21(20)30(38)42)32-12-15-9-19(10-15)37-14-22(25(36-37)16-1-2-16)27-26-17(7-8-31-27)13-33-35-26/h3-4,7-8,11,13-16,19,23,32H,1-2,5-6,9-10,12H2,(H,33,35)(H,34,39,40)/t15-,19-,23?. The molecule has 12 nitrogen and oxygen atoms in total. The summed E-state index contributed by atoms with van der Waals surface area (Å²) in [5, 5.41) is 19.0. The van der Waals surface area contributed by atoms with E-state index in [1.165, 1.54) is 0 Å². The normalized spacial score (nSPS) is 23.7. The zero-order valence-corrected chi connectivity index (χ0v) is 22.7. The van der Waals surface area contributed by atoms with Gasteiger partial charge in [-0.2, -0.15) is 10.2 Å². The largest absolute Gasteiger partial charge is 0.385 e. The number of aromatic amines is 1. The summed E-state index contributed by atoms with van der Waals surface area (Å²) in [5.74, 6) is -1.08. The summed E-state index contributed by atoms with van der Waals surface area (Å²) in [5.41, 5.74) is 5.34. The second-order valence-electron chi connectivity index (χ2n) is 11.8. The van der Waals surface area contributed by atoms with Crippen molar-refractivity contribution in [2.75, 3.05) is 11.9 Å². The number of nitrogens with zero attached hydrogens (tertiary/aromatic N) is 5. The van der Waals surface area contributed by atoms with Gasteiger partial charge in [-0.3, -0.25) is 44.2 Å². The Kier molecular flexibility index (Phi) is 5.53. The second-order valence-corrected chi connectivity index (χ2v) is 11.8. The lowest BCUT2D eigenvalue weighted by atomic mass is 9.80. The van der Waals surface area contributed by atoms with Crippen molar-refractivity contribution in [3.63, 3.8) is 0 Å². The number of hydrogen-bond acceptors (Lipinski definition) is 8. The Morgan fingerprint density at radius 3 is 2.62 bits per heavy atom. The molecule has 3 aromatic heterocycles. The van der Waals surface area contributed by atoms with Gasteiger partial charge in [0.15, 0.2) is 0 Å². The van der Waals surface area contributed by atoms with Crippen molar-refractivity contribution in [3.05, 3.63) is 59.7 Å². The van der Waals surface area contributed by atoms with E-state index >= 15 is 0 Å². The molecule has 0 spiro atoms. The summed E-state index contributed by atoms with van der Waals surface area (Å²) in [6, 6.07) is 6.40. The third kappa shape index (κ3) is 4.00. The summed E-state index contributed by atoms with van der Waals surface area (Å²) in [6.07, 6.45) is 10.3. The highest BCUT2D eigenvalue weighted by Crippen LogP contribution is 2.46. The molecule has 212 valence electrons. The highest BCUT2D eigenvalue weighted by molar-refractivity contribution is 6.23. The van der Waals surface area contributed by atoms with Crippen LogP contribution in [0, 0.1) is 5.92 Å². The number of H-pyrrole nitrogens is 1. The molecular weight excluding hydrogens is 536 g/mol. The van der Waals surface area contributed by atoms with Gasteiger partial charge < -0.3 is 5.32 Å². The molecule has 12 heteroatoms. The average molecular weight is 565 g/mol. The summed E-state index contributed by atoms with van der Waals surface area (Å²) in [4.78, 5) is 55.6. The van der Waals surface area contributed by atoms with Crippen molar-refractivity contribution in [1.29, 1.82) is 0 Å². The molecule has 1 saturated heterocycles. The maximum absolute atomic E-state index is 13.1. The second kappa shape index (κ2) is 9.33. The molecule has 0 radical (unpaired) electrons. The summed E-state index contributed by atoms with van der Waals surface area (Å²) < 4.78 is 2.11. The molecule has 5 heterocycles. The van der Waals surface area contributed by atoms with Crippen LogP contribution in [-0.4, -0.2) is 66.1 Å². The van der Waals surface area contributed by atoms with Gasteiger partial charge in [-0.15, -0.1) is 0 Å². The van der Waals surface area contributed by atoms with Crippen LogP contribution in [0.4, 0.5) is 5.69 Å². The Morgan fingerprint density at radius 2 is 1.81 bits per heavy atom. The van der Waals surface area contributed by atoms with Gasteiger partial charge in [-0.25, -0.2) is 0 Å². The number of carbonyl (C=O) groups is 4. The molecule has 2 saturated carbocycles. The van der Waals surface area contributed by atoms with Crippen LogP contribution in [0.3, 0.4) is 0 Å². The number of imide groups is 2. The van der Waals surface area contributed by atoms with Crippen LogP contribution in [-0.2, 0) is 9.59 Å². The number of nitrogens with one attached hydrogen (secondary N) is 3. The fourth-order valence-corrected chi connectivity index (χ4v) is 6.43. The van der Waals surface area contributed by atoms with E-state index in [0.29, 0.717) is 17.9 Å². The fraction of sp³-hybridized carbons (Fsp3) is 0.367. The number of fused-ring (bicyclic) bond motifs is 2. The van der Waals surface area contributed by atoms with E-state index in [2.05, 4.69) is 36.7 Å². The van der Waals surface area contributed by atoms with Crippen molar-refractivity contribution in [3.8, 4) is 11.3 Å². The predicted molar refractivity (Wildman–Crippen MR) is 150 cm³/mol. The van der Waals surface area contributed by atoms with E-state index in [1.807, 2.05) is 18.5 Å². The molecule has 1 aromatic carbocycles. The summed E-state index contributed by atoms with van der Waals surface area (Å²) >= 11 is 0. The first-order valence-corrected chi connectivity index (χ1v) is 14.4. The van der Waals surface area contributed by atoms with Crippen LogP contribution in [0.15, 0.2) is 42.9 Å². The number of hydrogen-bond donors (Lipinski definition) is 3. The van der Waals surface area contributed by atoms with E-state index in [0.717, 1.165) is 70.7 Å². The Morgan fingerprint density at radius 1 is 0.976 bits per heavy atom. The smallest absolute Gasteiger partial charge is 0.262 e. The summed E-state index contributed by atoms with van der Waals surface area (Å²) in [6.45, 7) is 0.729. The maximum atomic E-state index is 13.1. The molecular formula is C30H28N8O4. The fourth-order valence-electron chi connectivity index (χ4n) is 6.43. The quantitative estimate of drug-likeness (QED) is 0.289. The zero-order valence-electron chi connectivity index (χ0n) is 22.7. The number of benzene rings is 1. The molecule has 2 aliphatic heterocycles. The van der Waals surface area contributed by atoms with E-state index < -0.39 is 29.7 Å². The van der Waals surface area contributed by atoms with Crippen molar-refractivity contribution in [1.82, 2.24) is 35.2 Å². The lowest BCUT2D eigenvalue weighted by molar-refractivity contribution is -0.136. The third-order valence-electron chi connectivity index (χ3n) is 8.96. The SMILES string of the molecule is O=C1CCC(N2C(=O)c3ccc(NC[C@H]4C[C@H](n5cc(-c6nccc7cn[nH]c67)c(C6CC6)n5)C4)cc3C2=O)C(=O)N1. The average Bonchev–Trinajstić information content (AvgIpc) is 3.43. The molecule has 4 aliphatic rings. The van der Waals surface area contributed by atoms with Gasteiger partial charge in [0, 0.05) is 47.9 Å². The van der Waals surface area contributed by atoms with Crippen LogP contribution in [0.2, 0.25) is 0 Å². The number of anilines is 1. The first-order valence-electron chi connectivity index (χ1n) is 14.4. The number of piperidine rings is 1. The van der Waals surface area contributed by atoms with Crippen molar-refractivity contribution >= 4 is 40.2 Å². The molecule has 42 heavy (non-hydrogen) atoms. The number of pyridine rings is 1. The van der Waals surface area contributed by atoms with Crippen LogP contribution < -0.4 is 10.6 Å². The van der Waals surface area contributed by atoms with E-state index in [1.54, 1.807) is 18.2 Å². The van der Waals surface area contributed by atoms with Gasteiger partial charge in [0.25, 0.3) is 11.8 Å². The highest BCUT2D eigenvalue weighted by Gasteiger charge is 2.44. The molecule has 4 amide bonds. The van der Waals surface area contributed by atoms with E-state index in [9.17, 15) is 19.2 Å². The van der Waals surface area contributed by atoms with Crippen LogP contribution in [0.1, 0.15) is 76.9 Å². The molecule has 4 aromatic rings. The van der Waals surface area contributed by atoms with E-state index in [4.69, 9.17) is 5.10 Å². The zero-order chi connectivity index (χ0) is 28.5. The van der Waals surface area contributed by atoms with Gasteiger partial charge in [0.1, 0.15) is 6.04 Å². The molecule has 0 bridgehead atoms. The van der Waals surface area contributed by atoms with Crippen molar-refractivity contribution in [2.24, 2.45) is 5.92 Å². The maximum Gasteiger partial charge on any atom is 0.262 e. The first-order chi connectivity index (χ1) is 20.4. The van der Waals surface area contributed by atoms with Gasteiger partial charge in [0.05, 0.1) is 40.3 Å². The minimum Gasteiger partial charge on any atom is -0.385 e. The summed E-state index contributed by atoms with van der Waals surface area (Å²) in [7, 11) is 0. The predicted octanol–water partition coefficient (Wildman–Crippen LogP) is 3.16. The molecule has 3 N–H and O–H groups in total. The van der Waals surface area contributed by atoms with E-state index in [-0.39, 0.29) is 24.0 Å². The molecule has 1 atom stereocenters. The number of rotatable bonds is 7. The molecule has 2 aliphatic carbocycles. The first kappa shape index (κ1) is 24.9. The third-order valence-corrected chi connectivity index (χ3v) is 8.96. The van der Waals surface area contributed by atoms with Gasteiger partial charge in [-0.1, -0.05) is 0 Å². The topological polar surface area (TPSA) is 155 Å².